The maximum Gasteiger partial charge on any atom is 0.278 e. The average Bonchev–Trinajstić information content (AvgIpc) is 2.71. The maximum absolute atomic E-state index is 11.8. The minimum atomic E-state index is -0.575. The number of rotatable bonds is 8. The van der Waals surface area contributed by atoms with Gasteiger partial charge in [-0.15, -0.1) is 0 Å². The summed E-state index contributed by atoms with van der Waals surface area (Å²) in [5.41, 5.74) is 3.03. The van der Waals surface area contributed by atoms with Crippen LogP contribution in [0.4, 0.5) is 5.69 Å². The summed E-state index contributed by atoms with van der Waals surface area (Å²) < 4.78 is 5.17. The molecule has 0 aliphatic rings. The van der Waals surface area contributed by atoms with E-state index in [0.29, 0.717) is 5.75 Å². The van der Waals surface area contributed by atoms with Gasteiger partial charge in [0.05, 0.1) is 30.4 Å². The van der Waals surface area contributed by atoms with Gasteiger partial charge in [-0.2, -0.15) is 5.10 Å². The maximum atomic E-state index is 11.8. The largest absolute Gasteiger partial charge is 0.496 e. The van der Waals surface area contributed by atoms with Crippen LogP contribution in [-0.2, 0) is 9.59 Å². The van der Waals surface area contributed by atoms with E-state index < -0.39 is 16.7 Å². The second-order valence-corrected chi connectivity index (χ2v) is 5.40. The zero-order valence-electron chi connectivity index (χ0n) is 15.0. The van der Waals surface area contributed by atoms with Crippen molar-refractivity contribution >= 4 is 29.8 Å². The second-order valence-electron chi connectivity index (χ2n) is 5.40. The third kappa shape index (κ3) is 6.06. The van der Waals surface area contributed by atoms with Gasteiger partial charge in [-0.1, -0.05) is 30.3 Å². The van der Waals surface area contributed by atoms with Gasteiger partial charge in [0, 0.05) is 17.7 Å². The summed E-state index contributed by atoms with van der Waals surface area (Å²) in [5, 5.41) is 17.0. The molecule has 2 N–H and O–H groups in total. The summed E-state index contributed by atoms with van der Waals surface area (Å²) in [7, 11) is 1.53. The van der Waals surface area contributed by atoms with E-state index in [4.69, 9.17) is 4.74 Å². The number of methoxy groups -OCH3 is 1. The highest BCUT2D eigenvalue weighted by Crippen LogP contribution is 2.18. The van der Waals surface area contributed by atoms with Gasteiger partial charge < -0.3 is 10.1 Å². The van der Waals surface area contributed by atoms with Crippen LogP contribution < -0.4 is 15.5 Å². The highest BCUT2D eigenvalue weighted by atomic mass is 16.6. The van der Waals surface area contributed by atoms with E-state index in [2.05, 4.69) is 15.8 Å². The smallest absolute Gasteiger partial charge is 0.278 e. The number of nitro benzene ring substituents is 1. The Balaban J connectivity index is 1.83. The predicted molar refractivity (Wildman–Crippen MR) is 104 cm³/mol. The summed E-state index contributed by atoms with van der Waals surface area (Å²) in [6.45, 7) is -0.302. The zero-order chi connectivity index (χ0) is 20.4. The van der Waals surface area contributed by atoms with E-state index in [1.54, 1.807) is 24.3 Å². The number of carbonyl (C=O) groups is 2. The van der Waals surface area contributed by atoms with Crippen LogP contribution in [0.3, 0.4) is 0 Å². The van der Waals surface area contributed by atoms with Crippen molar-refractivity contribution in [3.8, 4) is 5.75 Å². The molecule has 0 aliphatic heterocycles. The van der Waals surface area contributed by atoms with Crippen molar-refractivity contribution in [2.24, 2.45) is 5.10 Å². The van der Waals surface area contributed by atoms with Gasteiger partial charge in [0.1, 0.15) is 5.75 Å². The van der Waals surface area contributed by atoms with Gasteiger partial charge in [0.2, 0.25) is 5.91 Å². The Bertz CT molecular complexity index is 924. The Morgan fingerprint density at radius 2 is 1.82 bits per heavy atom. The lowest BCUT2D eigenvalue weighted by atomic mass is 10.2. The fraction of sp³-hybridized carbons (Fsp3) is 0.105. The molecule has 144 valence electrons. The molecule has 0 fully saturated rings. The van der Waals surface area contributed by atoms with Crippen molar-refractivity contribution in [3.05, 3.63) is 75.8 Å². The number of nitrogens with one attached hydrogen (secondary N) is 2. The topological polar surface area (TPSA) is 123 Å². The second kappa shape index (κ2) is 10.2. The third-order valence-corrected chi connectivity index (χ3v) is 3.50. The predicted octanol–water partition coefficient (Wildman–Crippen LogP) is 1.88. The summed E-state index contributed by atoms with van der Waals surface area (Å²) >= 11 is 0. The van der Waals surface area contributed by atoms with Crippen LogP contribution in [0, 0.1) is 10.1 Å². The molecule has 9 nitrogen and oxygen atoms in total. The average molecular weight is 382 g/mol. The molecule has 2 aromatic carbocycles. The quantitative estimate of drug-likeness (QED) is 0.312. The molecule has 2 amide bonds. The van der Waals surface area contributed by atoms with E-state index in [9.17, 15) is 19.7 Å². The number of nitro groups is 1. The van der Waals surface area contributed by atoms with Gasteiger partial charge in [-0.3, -0.25) is 19.7 Å². The van der Waals surface area contributed by atoms with Crippen molar-refractivity contribution in [1.82, 2.24) is 10.7 Å². The molecule has 2 rings (SSSR count). The first-order valence-electron chi connectivity index (χ1n) is 8.15. The first-order chi connectivity index (χ1) is 13.5. The molecule has 0 saturated carbocycles. The van der Waals surface area contributed by atoms with Crippen LogP contribution >= 0.6 is 0 Å². The van der Waals surface area contributed by atoms with Crippen molar-refractivity contribution in [2.75, 3.05) is 13.7 Å². The van der Waals surface area contributed by atoms with Gasteiger partial charge in [-0.05, 0) is 18.2 Å². The summed E-state index contributed by atoms with van der Waals surface area (Å²) in [5.74, 6) is -0.425. The first-order valence-corrected chi connectivity index (χ1v) is 8.15. The third-order valence-electron chi connectivity index (χ3n) is 3.50. The fourth-order valence-electron chi connectivity index (χ4n) is 2.17. The van der Waals surface area contributed by atoms with E-state index in [-0.39, 0.29) is 17.8 Å². The number of hydrogen-bond donors (Lipinski definition) is 2. The van der Waals surface area contributed by atoms with Gasteiger partial charge in [0.25, 0.3) is 11.6 Å². The van der Waals surface area contributed by atoms with Gasteiger partial charge in [-0.25, -0.2) is 5.43 Å². The molecule has 28 heavy (non-hydrogen) atoms. The minimum absolute atomic E-state index is 0.129. The Morgan fingerprint density at radius 1 is 1.14 bits per heavy atom. The number of carbonyl (C=O) groups excluding carboxylic acids is 2. The molecule has 0 aliphatic carbocycles. The number of benzene rings is 2. The molecule has 0 heterocycles. The van der Waals surface area contributed by atoms with Crippen LogP contribution in [0.15, 0.2) is 59.7 Å². The number of ether oxygens (including phenoxy) is 1. The highest BCUT2D eigenvalue weighted by molar-refractivity contribution is 5.94. The first kappa shape index (κ1) is 20.3. The molecule has 0 bridgehead atoms. The Hall–Kier alpha value is -4.01. The standard InChI is InChI=1S/C19H18N4O5/c1-28-17-9-5-3-6-14(17)10-11-18(24)20-13-19(25)22-21-12-15-7-2-4-8-16(15)23(26)27/h2-12H,13H2,1H3,(H,20,24)(H,22,25)/b11-10+,21-12+. The number of amides is 2. The van der Waals surface area contributed by atoms with Crippen LogP contribution in [0.1, 0.15) is 11.1 Å². The molecule has 9 heteroatoms. The van der Waals surface area contributed by atoms with E-state index in [0.717, 1.165) is 5.56 Å². The number of hydrazone groups is 1. The van der Waals surface area contributed by atoms with Crippen molar-refractivity contribution in [1.29, 1.82) is 0 Å². The summed E-state index contributed by atoms with van der Waals surface area (Å²) in [6, 6.07) is 13.1. The molecular weight excluding hydrogens is 364 g/mol. The molecule has 0 aromatic heterocycles. The van der Waals surface area contributed by atoms with Crippen LogP contribution in [-0.4, -0.2) is 36.6 Å². The van der Waals surface area contributed by atoms with Crippen molar-refractivity contribution < 1.29 is 19.2 Å². The highest BCUT2D eigenvalue weighted by Gasteiger charge is 2.10. The summed E-state index contributed by atoms with van der Waals surface area (Å²) in [4.78, 5) is 33.9. The normalized spacial score (nSPS) is 10.8. The van der Waals surface area contributed by atoms with Crippen LogP contribution in [0.2, 0.25) is 0 Å². The lowest BCUT2D eigenvalue weighted by Gasteiger charge is -2.04. The zero-order valence-corrected chi connectivity index (χ0v) is 15.0. The monoisotopic (exact) mass is 382 g/mol. The van der Waals surface area contributed by atoms with Crippen LogP contribution in [0.5, 0.6) is 5.75 Å². The molecule has 0 unspecified atom stereocenters. The molecule has 0 saturated heterocycles. The fourth-order valence-corrected chi connectivity index (χ4v) is 2.17. The Morgan fingerprint density at radius 3 is 2.54 bits per heavy atom. The molecule has 0 radical (unpaired) electrons. The molecule has 0 atom stereocenters. The lowest BCUT2D eigenvalue weighted by Crippen LogP contribution is -2.34. The van der Waals surface area contributed by atoms with Gasteiger partial charge >= 0.3 is 0 Å². The Kier molecular flexibility index (Phi) is 7.41. The van der Waals surface area contributed by atoms with E-state index in [1.807, 2.05) is 12.1 Å². The Labute approximate surface area is 160 Å². The summed E-state index contributed by atoms with van der Waals surface area (Å²) in [6.07, 6.45) is 4.01. The lowest BCUT2D eigenvalue weighted by molar-refractivity contribution is -0.385. The molecule has 2 aromatic rings. The van der Waals surface area contributed by atoms with Crippen molar-refractivity contribution in [3.63, 3.8) is 0 Å². The van der Waals surface area contributed by atoms with Crippen molar-refractivity contribution in [2.45, 2.75) is 0 Å². The van der Waals surface area contributed by atoms with Gasteiger partial charge in [0.15, 0.2) is 0 Å². The number of para-hydroxylation sites is 2. The van der Waals surface area contributed by atoms with E-state index in [1.165, 1.54) is 37.6 Å². The molecular formula is C19H18N4O5. The number of hydrogen-bond acceptors (Lipinski definition) is 6. The minimum Gasteiger partial charge on any atom is -0.496 e. The SMILES string of the molecule is COc1ccccc1/C=C/C(=O)NCC(=O)N/N=C/c1ccccc1[N+](=O)[O-]. The van der Waals surface area contributed by atoms with E-state index >= 15 is 0 Å². The number of nitrogens with zero attached hydrogens (tertiary/aromatic N) is 2. The van der Waals surface area contributed by atoms with Crippen LogP contribution in [0.25, 0.3) is 6.08 Å². The molecule has 0 spiro atoms.